The zero-order chi connectivity index (χ0) is 12.4. The smallest absolute Gasteiger partial charge is 0.244 e. The van der Waals surface area contributed by atoms with E-state index in [2.05, 4.69) is 19.2 Å². The Kier molecular flexibility index (Phi) is 3.69. The van der Waals surface area contributed by atoms with Gasteiger partial charge >= 0.3 is 0 Å². The summed E-state index contributed by atoms with van der Waals surface area (Å²) in [5, 5.41) is 3.94. The Morgan fingerprint density at radius 2 is 2.24 bits per heavy atom. The predicted octanol–water partition coefficient (Wildman–Crippen LogP) is 2.44. The molecule has 1 aromatic rings. The van der Waals surface area contributed by atoms with Crippen molar-refractivity contribution in [1.29, 1.82) is 0 Å². The van der Waals surface area contributed by atoms with Gasteiger partial charge in [0.05, 0.1) is 6.04 Å². The molecule has 4 heteroatoms. The van der Waals surface area contributed by atoms with Crippen LogP contribution in [0.1, 0.15) is 20.3 Å². The highest BCUT2D eigenvalue weighted by atomic mass is 35.5. The van der Waals surface area contributed by atoms with Crippen molar-refractivity contribution in [1.82, 2.24) is 5.32 Å². The molecule has 0 aliphatic carbocycles. The van der Waals surface area contributed by atoms with Crippen molar-refractivity contribution in [3.05, 3.63) is 29.3 Å². The lowest BCUT2D eigenvalue weighted by atomic mass is 10.2. The molecule has 0 spiro atoms. The van der Waals surface area contributed by atoms with Gasteiger partial charge in [-0.2, -0.15) is 0 Å². The number of carbonyl (C=O) groups is 1. The summed E-state index contributed by atoms with van der Waals surface area (Å²) < 4.78 is 0. The molecule has 1 amide bonds. The largest absolute Gasteiger partial charge is 0.311 e. The Morgan fingerprint density at radius 1 is 1.47 bits per heavy atom. The van der Waals surface area contributed by atoms with Crippen LogP contribution in [-0.4, -0.2) is 24.5 Å². The van der Waals surface area contributed by atoms with Gasteiger partial charge < -0.3 is 10.2 Å². The van der Waals surface area contributed by atoms with E-state index in [1.807, 2.05) is 24.3 Å². The van der Waals surface area contributed by atoms with E-state index >= 15 is 0 Å². The van der Waals surface area contributed by atoms with Gasteiger partial charge in [-0.25, -0.2) is 0 Å². The highest BCUT2D eigenvalue weighted by Gasteiger charge is 2.32. The van der Waals surface area contributed by atoms with Crippen LogP contribution in [0.5, 0.6) is 0 Å². The third-order valence-electron chi connectivity index (χ3n) is 2.86. The van der Waals surface area contributed by atoms with E-state index < -0.39 is 0 Å². The van der Waals surface area contributed by atoms with E-state index in [-0.39, 0.29) is 11.9 Å². The molecule has 1 aliphatic heterocycles. The highest BCUT2D eigenvalue weighted by Crippen LogP contribution is 2.24. The molecular weight excluding hydrogens is 236 g/mol. The van der Waals surface area contributed by atoms with Crippen LogP contribution >= 0.6 is 11.6 Å². The molecule has 1 N–H and O–H groups in total. The van der Waals surface area contributed by atoms with Gasteiger partial charge in [0.15, 0.2) is 0 Å². The summed E-state index contributed by atoms with van der Waals surface area (Å²) in [4.78, 5) is 14.0. The fourth-order valence-electron chi connectivity index (χ4n) is 2.14. The molecule has 0 bridgehead atoms. The molecule has 1 aromatic carbocycles. The number of hydrogen-bond acceptors (Lipinski definition) is 2. The fraction of sp³-hybridized carbons (Fsp3) is 0.462. The highest BCUT2D eigenvalue weighted by molar-refractivity contribution is 6.30. The maximum atomic E-state index is 12.2. The number of hydrogen-bond donors (Lipinski definition) is 1. The third-order valence-corrected chi connectivity index (χ3v) is 3.09. The van der Waals surface area contributed by atoms with Crippen LogP contribution in [-0.2, 0) is 4.79 Å². The van der Waals surface area contributed by atoms with Crippen LogP contribution in [0.15, 0.2) is 24.3 Å². The van der Waals surface area contributed by atoms with E-state index in [9.17, 15) is 4.79 Å². The molecule has 17 heavy (non-hydrogen) atoms. The van der Waals surface area contributed by atoms with Crippen molar-refractivity contribution in [3.63, 3.8) is 0 Å². The SMILES string of the molecule is CC(C)N[C@H]1CCN(c2cccc(Cl)c2)C1=O. The second-order valence-corrected chi connectivity index (χ2v) is 5.07. The second-order valence-electron chi connectivity index (χ2n) is 4.63. The normalized spacial score (nSPS) is 20.4. The molecule has 1 aliphatic rings. The Morgan fingerprint density at radius 3 is 2.88 bits per heavy atom. The van der Waals surface area contributed by atoms with Crippen molar-refractivity contribution in [2.24, 2.45) is 0 Å². The maximum absolute atomic E-state index is 12.2. The first-order valence-corrected chi connectivity index (χ1v) is 6.28. The van der Waals surface area contributed by atoms with Gasteiger partial charge in [-0.15, -0.1) is 0 Å². The Hall–Kier alpha value is -1.06. The van der Waals surface area contributed by atoms with Crippen molar-refractivity contribution < 1.29 is 4.79 Å². The Balaban J connectivity index is 2.12. The van der Waals surface area contributed by atoms with Crippen molar-refractivity contribution in [3.8, 4) is 0 Å². The van der Waals surface area contributed by atoms with Gasteiger partial charge in [-0.3, -0.25) is 4.79 Å². The minimum absolute atomic E-state index is 0.0611. The molecule has 1 heterocycles. The lowest BCUT2D eigenvalue weighted by Gasteiger charge is -2.18. The average Bonchev–Trinajstić information content (AvgIpc) is 2.60. The lowest BCUT2D eigenvalue weighted by Crippen LogP contribution is -2.41. The second kappa shape index (κ2) is 5.07. The number of benzene rings is 1. The first-order chi connectivity index (χ1) is 8.08. The minimum atomic E-state index is -0.0611. The first kappa shape index (κ1) is 12.4. The van der Waals surface area contributed by atoms with Crippen LogP contribution in [0, 0.1) is 0 Å². The van der Waals surface area contributed by atoms with E-state index in [4.69, 9.17) is 11.6 Å². The summed E-state index contributed by atoms with van der Waals surface area (Å²) >= 11 is 5.94. The number of rotatable bonds is 3. The summed E-state index contributed by atoms with van der Waals surface area (Å²) in [6, 6.07) is 7.69. The molecule has 1 fully saturated rings. The summed E-state index contributed by atoms with van der Waals surface area (Å²) in [5.74, 6) is 0.140. The van der Waals surface area contributed by atoms with Crippen LogP contribution in [0.4, 0.5) is 5.69 Å². The van der Waals surface area contributed by atoms with E-state index in [1.165, 1.54) is 0 Å². The summed E-state index contributed by atoms with van der Waals surface area (Å²) in [5.41, 5.74) is 0.885. The number of amides is 1. The van der Waals surface area contributed by atoms with Crippen molar-refractivity contribution >= 4 is 23.2 Å². The van der Waals surface area contributed by atoms with E-state index in [0.717, 1.165) is 18.7 Å². The third kappa shape index (κ3) is 2.79. The van der Waals surface area contributed by atoms with Crippen LogP contribution in [0.3, 0.4) is 0 Å². The summed E-state index contributed by atoms with van der Waals surface area (Å²) in [6.45, 7) is 4.86. The Labute approximate surface area is 107 Å². The van der Waals surface area contributed by atoms with Crippen molar-refractivity contribution in [2.45, 2.75) is 32.4 Å². The summed E-state index contributed by atoms with van der Waals surface area (Å²) in [7, 11) is 0. The van der Waals surface area contributed by atoms with Gasteiger partial charge in [-0.1, -0.05) is 31.5 Å². The minimum Gasteiger partial charge on any atom is -0.311 e. The van der Waals surface area contributed by atoms with Gasteiger partial charge in [0.25, 0.3) is 0 Å². The number of nitrogens with one attached hydrogen (secondary N) is 1. The number of anilines is 1. The van der Waals surface area contributed by atoms with Gasteiger partial charge in [0.1, 0.15) is 0 Å². The molecule has 0 unspecified atom stereocenters. The maximum Gasteiger partial charge on any atom is 0.244 e. The predicted molar refractivity (Wildman–Crippen MR) is 70.5 cm³/mol. The van der Waals surface area contributed by atoms with Crippen LogP contribution in [0.2, 0.25) is 5.02 Å². The lowest BCUT2D eigenvalue weighted by molar-refractivity contribution is -0.118. The molecule has 0 aromatic heterocycles. The van der Waals surface area contributed by atoms with Gasteiger partial charge in [-0.05, 0) is 24.6 Å². The van der Waals surface area contributed by atoms with Gasteiger partial charge in [0.2, 0.25) is 5.91 Å². The monoisotopic (exact) mass is 252 g/mol. The topological polar surface area (TPSA) is 32.3 Å². The summed E-state index contributed by atoms with van der Waals surface area (Å²) in [6.07, 6.45) is 0.851. The Bertz CT molecular complexity index is 420. The standard InChI is InChI=1S/C13H17ClN2O/c1-9(2)15-12-6-7-16(13(12)17)11-5-3-4-10(14)8-11/h3-5,8-9,12,15H,6-7H2,1-2H3/t12-/m0/s1. The molecule has 1 atom stereocenters. The molecular formula is C13H17ClN2O. The van der Waals surface area contributed by atoms with Crippen molar-refractivity contribution in [2.75, 3.05) is 11.4 Å². The first-order valence-electron chi connectivity index (χ1n) is 5.91. The zero-order valence-corrected chi connectivity index (χ0v) is 10.9. The number of nitrogens with zero attached hydrogens (tertiary/aromatic N) is 1. The van der Waals surface area contributed by atoms with Gasteiger partial charge in [0, 0.05) is 23.3 Å². The average molecular weight is 253 g/mol. The number of halogens is 1. The molecule has 92 valence electrons. The molecule has 0 saturated carbocycles. The fourth-order valence-corrected chi connectivity index (χ4v) is 2.32. The molecule has 0 radical (unpaired) electrons. The van der Waals surface area contributed by atoms with E-state index in [0.29, 0.717) is 11.1 Å². The quantitative estimate of drug-likeness (QED) is 0.896. The number of carbonyl (C=O) groups excluding carboxylic acids is 1. The van der Waals surface area contributed by atoms with Crippen LogP contribution in [0.25, 0.3) is 0 Å². The van der Waals surface area contributed by atoms with E-state index in [1.54, 1.807) is 4.90 Å². The van der Waals surface area contributed by atoms with Crippen LogP contribution < -0.4 is 10.2 Å². The zero-order valence-electron chi connectivity index (χ0n) is 10.1. The molecule has 3 nitrogen and oxygen atoms in total. The molecule has 1 saturated heterocycles. The molecule has 2 rings (SSSR count).